The zero-order valence-corrected chi connectivity index (χ0v) is 15.6. The molecule has 2 aliphatic rings. The Bertz CT molecular complexity index is 771. The molecule has 4 atom stereocenters. The van der Waals surface area contributed by atoms with Crippen molar-refractivity contribution in [3.8, 4) is 0 Å². The van der Waals surface area contributed by atoms with Gasteiger partial charge in [0, 0.05) is 18.5 Å². The number of hydrogen-bond acceptors (Lipinski definition) is 3. The molecule has 1 aliphatic carbocycles. The van der Waals surface area contributed by atoms with Crippen LogP contribution in [0.25, 0.3) is 0 Å². The minimum absolute atomic E-state index is 0.0573. The van der Waals surface area contributed by atoms with E-state index in [0.29, 0.717) is 6.54 Å². The van der Waals surface area contributed by atoms with Crippen molar-refractivity contribution >= 4 is 5.97 Å². The standard InChI is InChI=1S/C23H27NO2/c1-16-11-13-18(14-12-16)21-20-10-6-9-19(17-7-4-3-5-8-17)23(20,15-24-21)22(25)26-2/h3-5,7-8,11-14,19-21,24H,6,9-10,15H2,1-2H3. The second kappa shape index (κ2) is 6.88. The van der Waals surface area contributed by atoms with Crippen molar-refractivity contribution in [1.82, 2.24) is 5.32 Å². The van der Waals surface area contributed by atoms with Crippen LogP contribution in [0.15, 0.2) is 54.6 Å². The number of esters is 1. The molecule has 2 aromatic carbocycles. The Morgan fingerprint density at radius 2 is 1.77 bits per heavy atom. The predicted octanol–water partition coefficient (Wildman–Crippen LogP) is 4.38. The second-order valence-electron chi connectivity index (χ2n) is 7.80. The summed E-state index contributed by atoms with van der Waals surface area (Å²) in [6, 6.07) is 19.4. The van der Waals surface area contributed by atoms with Crippen LogP contribution < -0.4 is 5.32 Å². The van der Waals surface area contributed by atoms with Crippen LogP contribution in [0.1, 0.15) is 47.9 Å². The predicted molar refractivity (Wildman–Crippen MR) is 103 cm³/mol. The van der Waals surface area contributed by atoms with Gasteiger partial charge in [0.15, 0.2) is 0 Å². The minimum Gasteiger partial charge on any atom is -0.469 e. The molecule has 1 aliphatic heterocycles. The van der Waals surface area contributed by atoms with Crippen LogP contribution in [-0.4, -0.2) is 19.6 Å². The lowest BCUT2D eigenvalue weighted by Gasteiger charge is -2.44. The minimum atomic E-state index is -0.482. The van der Waals surface area contributed by atoms with Crippen molar-refractivity contribution in [3.05, 3.63) is 71.3 Å². The van der Waals surface area contributed by atoms with Gasteiger partial charge in [-0.25, -0.2) is 0 Å². The fourth-order valence-electron chi connectivity index (χ4n) is 5.28. The van der Waals surface area contributed by atoms with Crippen molar-refractivity contribution in [2.45, 2.75) is 38.1 Å². The number of benzene rings is 2. The van der Waals surface area contributed by atoms with Crippen molar-refractivity contribution in [1.29, 1.82) is 0 Å². The Balaban J connectivity index is 1.77. The molecule has 4 unspecified atom stereocenters. The zero-order chi connectivity index (χ0) is 18.1. The quantitative estimate of drug-likeness (QED) is 0.836. The number of aryl methyl sites for hydroxylation is 1. The van der Waals surface area contributed by atoms with Gasteiger partial charge >= 0.3 is 5.97 Å². The molecule has 3 nitrogen and oxygen atoms in total. The first-order valence-corrected chi connectivity index (χ1v) is 9.60. The first kappa shape index (κ1) is 17.3. The van der Waals surface area contributed by atoms with Crippen LogP contribution in [0.2, 0.25) is 0 Å². The van der Waals surface area contributed by atoms with E-state index in [0.717, 1.165) is 19.3 Å². The van der Waals surface area contributed by atoms with E-state index in [9.17, 15) is 4.79 Å². The maximum absolute atomic E-state index is 13.1. The smallest absolute Gasteiger partial charge is 0.314 e. The number of rotatable bonds is 3. The highest BCUT2D eigenvalue weighted by atomic mass is 16.5. The molecule has 26 heavy (non-hydrogen) atoms. The Labute approximate surface area is 155 Å². The lowest BCUT2D eigenvalue weighted by Crippen LogP contribution is -2.47. The van der Waals surface area contributed by atoms with E-state index in [1.54, 1.807) is 0 Å². The second-order valence-corrected chi connectivity index (χ2v) is 7.80. The molecular weight excluding hydrogens is 322 g/mol. The van der Waals surface area contributed by atoms with Gasteiger partial charge in [-0.1, -0.05) is 66.6 Å². The van der Waals surface area contributed by atoms with E-state index < -0.39 is 5.41 Å². The number of nitrogens with one attached hydrogen (secondary N) is 1. The maximum atomic E-state index is 13.1. The van der Waals surface area contributed by atoms with E-state index in [4.69, 9.17) is 4.74 Å². The number of carbonyl (C=O) groups excluding carboxylic acids is 1. The number of ether oxygens (including phenoxy) is 1. The first-order valence-electron chi connectivity index (χ1n) is 9.60. The SMILES string of the molecule is COC(=O)C12CNC(c3ccc(C)cc3)C1CCCC2c1ccccc1. The van der Waals surface area contributed by atoms with E-state index in [2.05, 4.69) is 60.8 Å². The molecule has 1 heterocycles. The Kier molecular flexibility index (Phi) is 4.58. The van der Waals surface area contributed by atoms with Gasteiger partial charge in [-0.3, -0.25) is 4.79 Å². The summed E-state index contributed by atoms with van der Waals surface area (Å²) in [5.74, 6) is 0.410. The number of methoxy groups -OCH3 is 1. The van der Waals surface area contributed by atoms with E-state index in [1.165, 1.54) is 23.8 Å². The highest BCUT2D eigenvalue weighted by molar-refractivity contribution is 5.80. The average molecular weight is 349 g/mol. The summed E-state index contributed by atoms with van der Waals surface area (Å²) < 4.78 is 5.37. The Hall–Kier alpha value is -2.13. The van der Waals surface area contributed by atoms with Gasteiger partial charge < -0.3 is 10.1 Å². The Morgan fingerprint density at radius 3 is 2.46 bits per heavy atom. The van der Waals surface area contributed by atoms with Gasteiger partial charge in [-0.2, -0.15) is 0 Å². The monoisotopic (exact) mass is 349 g/mol. The number of carbonyl (C=O) groups is 1. The lowest BCUT2D eigenvalue weighted by molar-refractivity contribution is -0.158. The van der Waals surface area contributed by atoms with Crippen LogP contribution in [-0.2, 0) is 9.53 Å². The molecule has 0 radical (unpaired) electrons. The van der Waals surface area contributed by atoms with Crippen molar-refractivity contribution in [2.24, 2.45) is 11.3 Å². The maximum Gasteiger partial charge on any atom is 0.314 e. The third-order valence-electron chi connectivity index (χ3n) is 6.51. The lowest BCUT2D eigenvalue weighted by atomic mass is 9.58. The fraction of sp³-hybridized carbons (Fsp3) is 0.435. The summed E-state index contributed by atoms with van der Waals surface area (Å²) in [6.07, 6.45) is 3.24. The van der Waals surface area contributed by atoms with E-state index in [1.807, 2.05) is 6.07 Å². The van der Waals surface area contributed by atoms with Crippen LogP contribution in [0.5, 0.6) is 0 Å². The molecule has 4 rings (SSSR count). The zero-order valence-electron chi connectivity index (χ0n) is 15.6. The van der Waals surface area contributed by atoms with Crippen LogP contribution in [0.4, 0.5) is 0 Å². The first-order chi connectivity index (χ1) is 12.7. The van der Waals surface area contributed by atoms with Crippen LogP contribution in [0, 0.1) is 18.3 Å². The largest absolute Gasteiger partial charge is 0.469 e. The van der Waals surface area contributed by atoms with Crippen molar-refractivity contribution in [2.75, 3.05) is 13.7 Å². The topological polar surface area (TPSA) is 38.3 Å². The average Bonchev–Trinajstić information content (AvgIpc) is 3.09. The molecule has 2 fully saturated rings. The summed E-state index contributed by atoms with van der Waals surface area (Å²) in [7, 11) is 1.53. The fourth-order valence-corrected chi connectivity index (χ4v) is 5.28. The van der Waals surface area contributed by atoms with Crippen molar-refractivity contribution in [3.63, 3.8) is 0 Å². The van der Waals surface area contributed by atoms with Crippen LogP contribution in [0.3, 0.4) is 0 Å². The van der Waals surface area contributed by atoms with Gasteiger partial charge in [0.05, 0.1) is 12.5 Å². The normalized spacial score (nSPS) is 30.6. The molecule has 3 heteroatoms. The molecule has 1 saturated heterocycles. The third-order valence-corrected chi connectivity index (χ3v) is 6.51. The summed E-state index contributed by atoms with van der Waals surface area (Å²) in [5, 5.41) is 3.69. The molecule has 0 amide bonds. The van der Waals surface area contributed by atoms with Gasteiger partial charge in [0.2, 0.25) is 0 Å². The molecule has 1 saturated carbocycles. The highest BCUT2D eigenvalue weighted by Crippen LogP contribution is 2.58. The van der Waals surface area contributed by atoms with Gasteiger partial charge in [-0.05, 0) is 36.8 Å². The molecule has 1 N–H and O–H groups in total. The van der Waals surface area contributed by atoms with Gasteiger partial charge in [0.1, 0.15) is 0 Å². The van der Waals surface area contributed by atoms with E-state index in [-0.39, 0.29) is 23.8 Å². The number of fused-ring (bicyclic) bond motifs is 1. The van der Waals surface area contributed by atoms with Crippen molar-refractivity contribution < 1.29 is 9.53 Å². The molecule has 136 valence electrons. The molecule has 0 bridgehead atoms. The Morgan fingerprint density at radius 1 is 1.04 bits per heavy atom. The summed E-state index contributed by atoms with van der Waals surface area (Å²) in [4.78, 5) is 13.1. The third kappa shape index (κ3) is 2.66. The summed E-state index contributed by atoms with van der Waals surface area (Å²) in [6.45, 7) is 2.79. The highest BCUT2D eigenvalue weighted by Gasteiger charge is 2.60. The molecule has 0 aromatic heterocycles. The van der Waals surface area contributed by atoms with Crippen LogP contribution >= 0.6 is 0 Å². The summed E-state index contributed by atoms with van der Waals surface area (Å²) >= 11 is 0. The summed E-state index contributed by atoms with van der Waals surface area (Å²) in [5.41, 5.74) is 3.31. The van der Waals surface area contributed by atoms with Gasteiger partial charge in [-0.15, -0.1) is 0 Å². The molecule has 2 aromatic rings. The molecule has 0 spiro atoms. The van der Waals surface area contributed by atoms with Gasteiger partial charge in [0.25, 0.3) is 0 Å². The molecular formula is C23H27NO2. The number of hydrogen-bond donors (Lipinski definition) is 1. The van der Waals surface area contributed by atoms with E-state index >= 15 is 0 Å².